The lowest BCUT2D eigenvalue weighted by molar-refractivity contribution is 1.01. The van der Waals surface area contributed by atoms with Gasteiger partial charge < -0.3 is 4.98 Å². The minimum absolute atomic E-state index is 0.280. The number of nitrogens with zero attached hydrogens (tertiary/aromatic N) is 1. The Hall–Kier alpha value is -1.22. The van der Waals surface area contributed by atoms with E-state index in [4.69, 9.17) is 0 Å². The predicted octanol–water partition coefficient (Wildman–Crippen LogP) is 2.98. The van der Waals surface area contributed by atoms with Gasteiger partial charge in [0.1, 0.15) is 5.37 Å². The molecule has 0 radical (unpaired) electrons. The van der Waals surface area contributed by atoms with Crippen LogP contribution in [0.5, 0.6) is 0 Å². The molecule has 0 fully saturated rings. The fourth-order valence-corrected chi connectivity index (χ4v) is 2.55. The maximum Gasteiger partial charge on any atom is 0.135 e. The molecule has 1 aromatic carbocycles. The molecule has 3 rings (SSSR count). The zero-order valence-electron chi connectivity index (χ0n) is 7.60. The summed E-state index contributed by atoms with van der Waals surface area (Å²) in [6.45, 7) is 0. The third-order valence-corrected chi connectivity index (χ3v) is 3.42. The van der Waals surface area contributed by atoms with E-state index in [1.54, 1.807) is 0 Å². The second-order valence-corrected chi connectivity index (χ2v) is 4.44. The SMILES string of the molecule is C1=NC(c2cc3ccccc3[nH]2)SC1. The molecule has 1 aliphatic heterocycles. The molecule has 1 atom stereocenters. The van der Waals surface area contributed by atoms with Crippen LogP contribution in [0.3, 0.4) is 0 Å². The summed E-state index contributed by atoms with van der Waals surface area (Å²) in [7, 11) is 0. The van der Waals surface area contributed by atoms with E-state index >= 15 is 0 Å². The molecular formula is C11H10N2S. The molecule has 2 nitrogen and oxygen atoms in total. The fourth-order valence-electron chi connectivity index (χ4n) is 1.71. The van der Waals surface area contributed by atoms with Gasteiger partial charge in [0.2, 0.25) is 0 Å². The van der Waals surface area contributed by atoms with Crippen molar-refractivity contribution in [3.63, 3.8) is 0 Å². The summed E-state index contributed by atoms with van der Waals surface area (Å²) in [5.41, 5.74) is 2.41. The number of nitrogens with one attached hydrogen (secondary N) is 1. The lowest BCUT2D eigenvalue weighted by Gasteiger charge is -2.01. The first-order valence-corrected chi connectivity index (χ1v) is 5.69. The highest BCUT2D eigenvalue weighted by molar-refractivity contribution is 8.00. The van der Waals surface area contributed by atoms with E-state index in [1.807, 2.05) is 24.0 Å². The summed E-state index contributed by atoms with van der Waals surface area (Å²) < 4.78 is 0. The van der Waals surface area contributed by atoms with E-state index in [0.29, 0.717) is 0 Å². The Morgan fingerprint density at radius 2 is 2.29 bits per heavy atom. The summed E-state index contributed by atoms with van der Waals surface area (Å²) in [5, 5.41) is 1.55. The van der Waals surface area contributed by atoms with E-state index < -0.39 is 0 Å². The number of thioether (sulfide) groups is 1. The number of aromatic amines is 1. The van der Waals surface area contributed by atoms with Crippen LogP contribution in [-0.2, 0) is 0 Å². The molecule has 1 N–H and O–H groups in total. The molecule has 3 heteroatoms. The first kappa shape index (κ1) is 8.12. The second kappa shape index (κ2) is 3.17. The van der Waals surface area contributed by atoms with Crippen molar-refractivity contribution >= 4 is 28.9 Å². The number of benzene rings is 1. The van der Waals surface area contributed by atoms with Crippen molar-refractivity contribution in [2.24, 2.45) is 4.99 Å². The van der Waals surface area contributed by atoms with Crippen molar-refractivity contribution in [3.8, 4) is 0 Å². The smallest absolute Gasteiger partial charge is 0.135 e. The lowest BCUT2D eigenvalue weighted by atomic mass is 10.2. The average Bonchev–Trinajstić information content (AvgIpc) is 2.86. The Balaban J connectivity index is 2.09. The number of hydrogen-bond donors (Lipinski definition) is 1. The molecule has 0 spiro atoms. The molecule has 14 heavy (non-hydrogen) atoms. The van der Waals surface area contributed by atoms with E-state index in [2.05, 4.69) is 34.2 Å². The predicted molar refractivity (Wildman–Crippen MR) is 62.0 cm³/mol. The molecular weight excluding hydrogens is 192 g/mol. The minimum Gasteiger partial charge on any atom is -0.356 e. The van der Waals surface area contributed by atoms with Crippen LogP contribution in [-0.4, -0.2) is 17.0 Å². The van der Waals surface area contributed by atoms with E-state index in [0.717, 1.165) is 5.75 Å². The van der Waals surface area contributed by atoms with Gasteiger partial charge in [0.05, 0.1) is 5.69 Å². The van der Waals surface area contributed by atoms with Gasteiger partial charge in [0.25, 0.3) is 0 Å². The van der Waals surface area contributed by atoms with Crippen molar-refractivity contribution in [1.82, 2.24) is 4.98 Å². The highest BCUT2D eigenvalue weighted by Crippen LogP contribution is 2.33. The second-order valence-electron chi connectivity index (χ2n) is 3.33. The van der Waals surface area contributed by atoms with Gasteiger partial charge in [-0.1, -0.05) is 18.2 Å². The van der Waals surface area contributed by atoms with Gasteiger partial charge in [-0.15, -0.1) is 11.8 Å². The first-order valence-electron chi connectivity index (χ1n) is 4.64. The first-order chi connectivity index (χ1) is 6.93. The van der Waals surface area contributed by atoms with Crippen molar-refractivity contribution < 1.29 is 0 Å². The van der Waals surface area contributed by atoms with E-state index in [-0.39, 0.29) is 5.37 Å². The van der Waals surface area contributed by atoms with Crippen LogP contribution in [0, 0.1) is 0 Å². The molecule has 1 unspecified atom stereocenters. The number of hydrogen-bond acceptors (Lipinski definition) is 2. The molecule has 1 aliphatic rings. The fraction of sp³-hybridized carbons (Fsp3) is 0.182. The molecule has 0 saturated heterocycles. The maximum absolute atomic E-state index is 4.41. The van der Waals surface area contributed by atoms with Crippen molar-refractivity contribution in [1.29, 1.82) is 0 Å². The monoisotopic (exact) mass is 202 g/mol. The van der Waals surface area contributed by atoms with Crippen molar-refractivity contribution in [3.05, 3.63) is 36.0 Å². The van der Waals surface area contributed by atoms with Gasteiger partial charge in [0, 0.05) is 17.5 Å². The van der Waals surface area contributed by atoms with Gasteiger partial charge in [-0.05, 0) is 17.5 Å². The van der Waals surface area contributed by atoms with Crippen LogP contribution in [0.25, 0.3) is 10.9 Å². The largest absolute Gasteiger partial charge is 0.356 e. The van der Waals surface area contributed by atoms with Crippen LogP contribution < -0.4 is 0 Å². The van der Waals surface area contributed by atoms with Gasteiger partial charge in [-0.3, -0.25) is 4.99 Å². The standard InChI is InChI=1S/C11H10N2S/c1-2-4-9-8(3-1)7-10(13-9)11-12-5-6-14-11/h1-5,7,11,13H,6H2. The third-order valence-electron chi connectivity index (χ3n) is 2.39. The Morgan fingerprint density at radius 1 is 1.36 bits per heavy atom. The molecule has 0 aliphatic carbocycles. The van der Waals surface area contributed by atoms with Crippen molar-refractivity contribution in [2.75, 3.05) is 5.75 Å². The van der Waals surface area contributed by atoms with Crippen LogP contribution in [0.15, 0.2) is 35.3 Å². The number of para-hydroxylation sites is 1. The van der Waals surface area contributed by atoms with E-state index in [1.165, 1.54) is 16.6 Å². The molecule has 0 amide bonds. The number of aromatic nitrogens is 1. The van der Waals surface area contributed by atoms with Crippen LogP contribution in [0.4, 0.5) is 0 Å². The van der Waals surface area contributed by atoms with Crippen LogP contribution in [0.2, 0.25) is 0 Å². The molecule has 2 aromatic rings. The Labute approximate surface area is 86.4 Å². The Morgan fingerprint density at radius 3 is 3.07 bits per heavy atom. The Kier molecular flexibility index (Phi) is 1.84. The van der Waals surface area contributed by atoms with Gasteiger partial charge in [0.15, 0.2) is 0 Å². The van der Waals surface area contributed by atoms with E-state index in [9.17, 15) is 0 Å². The minimum atomic E-state index is 0.280. The zero-order chi connectivity index (χ0) is 9.38. The third kappa shape index (κ3) is 1.24. The number of H-pyrrole nitrogens is 1. The molecule has 2 heterocycles. The molecule has 0 saturated carbocycles. The summed E-state index contributed by atoms with van der Waals surface area (Å²) >= 11 is 1.86. The maximum atomic E-state index is 4.41. The summed E-state index contributed by atoms with van der Waals surface area (Å²) in [6, 6.07) is 10.5. The normalized spacial score (nSPS) is 20.7. The molecule has 1 aromatic heterocycles. The summed E-state index contributed by atoms with van der Waals surface area (Å²) in [4.78, 5) is 7.81. The quantitative estimate of drug-likeness (QED) is 0.756. The zero-order valence-corrected chi connectivity index (χ0v) is 8.42. The van der Waals surface area contributed by atoms with Crippen LogP contribution >= 0.6 is 11.8 Å². The number of fused-ring (bicyclic) bond motifs is 1. The highest BCUT2D eigenvalue weighted by Gasteiger charge is 2.15. The Bertz CT molecular complexity index is 454. The summed E-state index contributed by atoms with van der Waals surface area (Å²) in [6.07, 6.45) is 1.99. The number of rotatable bonds is 1. The summed E-state index contributed by atoms with van der Waals surface area (Å²) in [5.74, 6) is 1.03. The van der Waals surface area contributed by atoms with Gasteiger partial charge >= 0.3 is 0 Å². The lowest BCUT2D eigenvalue weighted by Crippen LogP contribution is -1.85. The van der Waals surface area contributed by atoms with Gasteiger partial charge in [-0.25, -0.2) is 0 Å². The molecule has 70 valence electrons. The van der Waals surface area contributed by atoms with Crippen molar-refractivity contribution in [2.45, 2.75) is 5.37 Å². The van der Waals surface area contributed by atoms with Gasteiger partial charge in [-0.2, -0.15) is 0 Å². The average molecular weight is 202 g/mol. The van der Waals surface area contributed by atoms with Crippen LogP contribution in [0.1, 0.15) is 11.1 Å². The molecule has 0 bridgehead atoms. The number of aliphatic imine (C=N–C) groups is 1. The highest BCUT2D eigenvalue weighted by atomic mass is 32.2. The topological polar surface area (TPSA) is 28.1 Å².